The molecule has 0 unspecified atom stereocenters. The fraction of sp³-hybridized carbons (Fsp3) is 0.0714. The Kier molecular flexibility index (Phi) is 5.54. The Labute approximate surface area is 261 Å². The van der Waals surface area contributed by atoms with Crippen LogP contribution in [0.5, 0.6) is 0 Å². The van der Waals surface area contributed by atoms with Crippen LogP contribution in [-0.4, -0.2) is 15.0 Å². The lowest BCUT2D eigenvalue weighted by Crippen LogP contribution is -2.14. The molecule has 1 aromatic heterocycles. The number of hydrogen-bond donors (Lipinski definition) is 0. The zero-order chi connectivity index (χ0) is 30.1. The molecule has 212 valence electrons. The number of hydrogen-bond acceptors (Lipinski definition) is 3. The highest BCUT2D eigenvalue weighted by Crippen LogP contribution is 2.49. The van der Waals surface area contributed by atoms with Crippen molar-refractivity contribution in [3.63, 3.8) is 0 Å². The Morgan fingerprint density at radius 2 is 0.956 bits per heavy atom. The molecule has 0 saturated carbocycles. The molecule has 8 aromatic rings. The topological polar surface area (TPSA) is 38.7 Å². The molecule has 3 nitrogen and oxygen atoms in total. The van der Waals surface area contributed by atoms with Crippen molar-refractivity contribution in [2.75, 3.05) is 0 Å². The summed E-state index contributed by atoms with van der Waals surface area (Å²) in [4.78, 5) is 15.3. The van der Waals surface area contributed by atoms with Gasteiger partial charge in [0, 0.05) is 22.1 Å². The van der Waals surface area contributed by atoms with Gasteiger partial charge in [0.1, 0.15) is 0 Å². The molecule has 0 N–H and O–H groups in total. The molecule has 0 spiro atoms. The highest BCUT2D eigenvalue weighted by atomic mass is 15.0. The lowest BCUT2D eigenvalue weighted by molar-refractivity contribution is 0.661. The van der Waals surface area contributed by atoms with E-state index >= 15 is 0 Å². The van der Waals surface area contributed by atoms with E-state index in [4.69, 9.17) is 15.0 Å². The summed E-state index contributed by atoms with van der Waals surface area (Å²) in [5.41, 5.74) is 8.29. The zero-order valence-electron chi connectivity index (χ0n) is 25.1. The van der Waals surface area contributed by atoms with Gasteiger partial charge in [0.25, 0.3) is 0 Å². The van der Waals surface area contributed by atoms with E-state index in [0.717, 1.165) is 32.8 Å². The van der Waals surface area contributed by atoms with Gasteiger partial charge in [-0.2, -0.15) is 0 Å². The van der Waals surface area contributed by atoms with Crippen molar-refractivity contribution in [2.24, 2.45) is 0 Å². The molecule has 7 aromatic carbocycles. The highest BCUT2D eigenvalue weighted by molar-refractivity contribution is 5.97. The first-order valence-electron chi connectivity index (χ1n) is 15.4. The summed E-state index contributed by atoms with van der Waals surface area (Å²) in [5.74, 6) is 2.00. The second kappa shape index (κ2) is 9.67. The Balaban J connectivity index is 1.25. The summed E-state index contributed by atoms with van der Waals surface area (Å²) in [6.45, 7) is 4.65. The first kappa shape index (κ1) is 25.8. The minimum Gasteiger partial charge on any atom is -0.208 e. The van der Waals surface area contributed by atoms with E-state index in [0.29, 0.717) is 17.5 Å². The summed E-state index contributed by atoms with van der Waals surface area (Å²) in [6, 6.07) is 49.6. The van der Waals surface area contributed by atoms with Crippen LogP contribution in [0.3, 0.4) is 0 Å². The molecule has 0 bridgehead atoms. The molecular formula is C42H29N3. The van der Waals surface area contributed by atoms with Gasteiger partial charge in [0.05, 0.1) is 0 Å². The van der Waals surface area contributed by atoms with Crippen molar-refractivity contribution in [2.45, 2.75) is 19.3 Å². The maximum atomic E-state index is 5.13. The molecule has 0 amide bonds. The van der Waals surface area contributed by atoms with Crippen LogP contribution in [-0.2, 0) is 5.41 Å². The van der Waals surface area contributed by atoms with Crippen LogP contribution in [0.1, 0.15) is 25.0 Å². The van der Waals surface area contributed by atoms with Crippen LogP contribution < -0.4 is 0 Å². The molecule has 9 rings (SSSR count). The van der Waals surface area contributed by atoms with Crippen molar-refractivity contribution in [1.82, 2.24) is 15.0 Å². The number of nitrogens with zero attached hydrogens (tertiary/aromatic N) is 3. The molecule has 0 fully saturated rings. The molecule has 1 aliphatic rings. The van der Waals surface area contributed by atoms with Crippen LogP contribution in [0.25, 0.3) is 77.6 Å². The quantitative estimate of drug-likeness (QED) is 0.210. The van der Waals surface area contributed by atoms with Crippen molar-refractivity contribution in [3.05, 3.63) is 151 Å². The standard InChI is InChI=1S/C42H29N3/c1-42(2)37-17-8-7-15-34(37)36-24-32-23-31(21-19-29(32)25-38(36)42)40-43-39(30-20-18-26-10-3-4-12-28(26)22-30)44-41(45-40)35-16-9-13-27-11-5-6-14-33(27)35/h3-25H,1-2H3. The fourth-order valence-corrected chi connectivity index (χ4v) is 7.09. The van der Waals surface area contributed by atoms with Gasteiger partial charge in [-0.1, -0.05) is 129 Å². The number of benzene rings is 7. The Morgan fingerprint density at radius 1 is 0.378 bits per heavy atom. The predicted molar refractivity (Wildman–Crippen MR) is 186 cm³/mol. The molecule has 0 saturated heterocycles. The van der Waals surface area contributed by atoms with E-state index in [2.05, 4.69) is 153 Å². The zero-order valence-corrected chi connectivity index (χ0v) is 25.1. The van der Waals surface area contributed by atoms with Crippen LogP contribution >= 0.6 is 0 Å². The average Bonchev–Trinajstić information content (AvgIpc) is 3.31. The Bertz CT molecular complexity index is 2470. The van der Waals surface area contributed by atoms with E-state index in [-0.39, 0.29) is 5.41 Å². The van der Waals surface area contributed by atoms with E-state index in [1.807, 2.05) is 0 Å². The first-order chi connectivity index (χ1) is 22.0. The lowest BCUT2D eigenvalue weighted by Gasteiger charge is -2.21. The van der Waals surface area contributed by atoms with Gasteiger partial charge in [-0.15, -0.1) is 0 Å². The molecular weight excluding hydrogens is 546 g/mol. The van der Waals surface area contributed by atoms with E-state index < -0.39 is 0 Å². The normalized spacial score (nSPS) is 13.3. The third-order valence-electron chi connectivity index (χ3n) is 9.47. The molecule has 0 radical (unpaired) electrons. The van der Waals surface area contributed by atoms with Crippen LogP contribution in [0.4, 0.5) is 0 Å². The molecule has 0 atom stereocenters. The maximum absolute atomic E-state index is 5.13. The summed E-state index contributed by atoms with van der Waals surface area (Å²) >= 11 is 0. The van der Waals surface area contributed by atoms with Gasteiger partial charge in [0.15, 0.2) is 17.5 Å². The van der Waals surface area contributed by atoms with Gasteiger partial charge in [0.2, 0.25) is 0 Å². The lowest BCUT2D eigenvalue weighted by atomic mass is 9.82. The van der Waals surface area contributed by atoms with Crippen molar-refractivity contribution >= 4 is 32.3 Å². The third kappa shape index (κ3) is 4.08. The van der Waals surface area contributed by atoms with Gasteiger partial charge in [-0.3, -0.25) is 0 Å². The summed E-state index contributed by atoms with van der Waals surface area (Å²) < 4.78 is 0. The van der Waals surface area contributed by atoms with Gasteiger partial charge >= 0.3 is 0 Å². The maximum Gasteiger partial charge on any atom is 0.164 e. The van der Waals surface area contributed by atoms with E-state index in [9.17, 15) is 0 Å². The smallest absolute Gasteiger partial charge is 0.164 e. The van der Waals surface area contributed by atoms with E-state index in [1.54, 1.807) is 0 Å². The van der Waals surface area contributed by atoms with Crippen LogP contribution in [0, 0.1) is 0 Å². The second-order valence-electron chi connectivity index (χ2n) is 12.5. The van der Waals surface area contributed by atoms with Gasteiger partial charge < -0.3 is 0 Å². The van der Waals surface area contributed by atoms with Crippen molar-refractivity contribution in [1.29, 1.82) is 0 Å². The summed E-state index contributed by atoms with van der Waals surface area (Å²) in [6.07, 6.45) is 0. The van der Waals surface area contributed by atoms with Crippen molar-refractivity contribution < 1.29 is 0 Å². The van der Waals surface area contributed by atoms with E-state index in [1.165, 1.54) is 38.4 Å². The molecule has 3 heteroatoms. The largest absolute Gasteiger partial charge is 0.208 e. The Morgan fingerprint density at radius 3 is 1.78 bits per heavy atom. The second-order valence-corrected chi connectivity index (χ2v) is 12.5. The minimum atomic E-state index is -0.0326. The first-order valence-corrected chi connectivity index (χ1v) is 15.4. The van der Waals surface area contributed by atoms with Crippen LogP contribution in [0.2, 0.25) is 0 Å². The highest BCUT2D eigenvalue weighted by Gasteiger charge is 2.35. The molecule has 45 heavy (non-hydrogen) atoms. The fourth-order valence-electron chi connectivity index (χ4n) is 7.09. The molecule has 1 aliphatic carbocycles. The molecule has 1 heterocycles. The SMILES string of the molecule is CC1(C)c2ccccc2-c2cc3cc(-c4nc(-c5ccc6ccccc6c5)nc(-c5cccc6ccccc56)n4)ccc3cc21. The molecule has 0 aliphatic heterocycles. The Hall–Kier alpha value is -5.67. The predicted octanol–water partition coefficient (Wildman–Crippen LogP) is 10.6. The van der Waals surface area contributed by atoms with Gasteiger partial charge in [-0.25, -0.2) is 15.0 Å². The number of fused-ring (bicyclic) bond motifs is 6. The number of rotatable bonds is 3. The van der Waals surface area contributed by atoms with Gasteiger partial charge in [-0.05, 0) is 78.8 Å². The average molecular weight is 576 g/mol. The third-order valence-corrected chi connectivity index (χ3v) is 9.47. The summed E-state index contributed by atoms with van der Waals surface area (Å²) in [7, 11) is 0. The minimum absolute atomic E-state index is 0.0326. The summed E-state index contributed by atoms with van der Waals surface area (Å²) in [5, 5.41) is 7.03. The monoisotopic (exact) mass is 575 g/mol. The van der Waals surface area contributed by atoms with Crippen LogP contribution in [0.15, 0.2) is 140 Å². The number of aromatic nitrogens is 3. The van der Waals surface area contributed by atoms with Crippen molar-refractivity contribution in [3.8, 4) is 45.3 Å².